The van der Waals surface area contributed by atoms with Crippen LogP contribution in [0, 0.1) is 17.5 Å². The van der Waals surface area contributed by atoms with Crippen LogP contribution in [0.2, 0.25) is 17.3 Å². The van der Waals surface area contributed by atoms with E-state index in [1.54, 1.807) is 0 Å². The molecule has 0 N–H and O–H groups in total. The summed E-state index contributed by atoms with van der Waals surface area (Å²) in [6.07, 6.45) is 3.24. The first-order valence-electron chi connectivity index (χ1n) is 19.4. The summed E-state index contributed by atoms with van der Waals surface area (Å²) in [5.41, 5.74) is 13.5. The molecule has 0 fully saturated rings. The van der Waals surface area contributed by atoms with Crippen molar-refractivity contribution in [2.45, 2.75) is 84.0 Å². The summed E-state index contributed by atoms with van der Waals surface area (Å²) in [4.78, 5) is 9.79. The molecule has 2 heterocycles. The van der Waals surface area contributed by atoms with Crippen LogP contribution >= 0.6 is 0 Å². The standard InChI is InChI=1S/C31H29N2.C19H26GeN.Ir/c1-21(2)26-19-25(23-13-7-5-8-14-23)20-27(22(3)4)30(26)33-29-18-12-11-17-28(29)32-31(33)24-15-9-6-10-16-24;1-19(2,3)13-16-12-18(15-10-8-7-9-11-15)21-14-17(16)20(4,5)6;/h5-15,17-22H,1-4H3;7-10,12,14H,13H2,1-6H3;/q2*-1;. The molecule has 5 aromatic carbocycles. The molecule has 7 aromatic rings. The van der Waals surface area contributed by atoms with Crippen molar-refractivity contribution in [2.24, 2.45) is 5.41 Å². The number of imidazole rings is 1. The fourth-order valence-electron chi connectivity index (χ4n) is 7.17. The summed E-state index contributed by atoms with van der Waals surface area (Å²) in [7, 11) is 0. The Hall–Kier alpha value is -4.09. The maximum Gasteiger partial charge on any atom is 0.0774 e. The minimum atomic E-state index is -1.90. The van der Waals surface area contributed by atoms with E-state index < -0.39 is 13.3 Å². The number of fused-ring (bicyclic) bond motifs is 1. The van der Waals surface area contributed by atoms with Gasteiger partial charge in [-0.05, 0) is 58.4 Å². The minimum Gasteiger partial charge on any atom is -0.333 e. The number of hydrogen-bond donors (Lipinski definition) is 0. The van der Waals surface area contributed by atoms with Gasteiger partial charge in [-0.1, -0.05) is 70.2 Å². The van der Waals surface area contributed by atoms with E-state index in [-0.39, 0.29) is 20.1 Å². The maximum atomic E-state index is 5.07. The van der Waals surface area contributed by atoms with Gasteiger partial charge in [-0.3, -0.25) is 4.98 Å². The molecule has 0 amide bonds. The number of para-hydroxylation sites is 2. The summed E-state index contributed by atoms with van der Waals surface area (Å²) >= 11 is -1.90. The normalized spacial score (nSPS) is 11.7. The van der Waals surface area contributed by atoms with Gasteiger partial charge in [-0.25, -0.2) is 0 Å². The molecule has 7 rings (SSSR count). The van der Waals surface area contributed by atoms with Crippen LogP contribution in [0.3, 0.4) is 0 Å². The Bertz CT molecular complexity index is 2280. The minimum absolute atomic E-state index is 0. The number of pyridine rings is 1. The van der Waals surface area contributed by atoms with E-state index in [9.17, 15) is 0 Å². The van der Waals surface area contributed by atoms with Crippen molar-refractivity contribution >= 4 is 28.7 Å². The molecule has 0 aliphatic heterocycles. The predicted octanol–water partition coefficient (Wildman–Crippen LogP) is 13.1. The summed E-state index contributed by atoms with van der Waals surface area (Å²) in [5.74, 6) is 8.98. The van der Waals surface area contributed by atoms with Crippen molar-refractivity contribution < 1.29 is 20.1 Å². The molecule has 0 saturated heterocycles. The molecule has 0 aliphatic rings. The van der Waals surface area contributed by atoms with Crippen molar-refractivity contribution in [1.29, 1.82) is 0 Å². The van der Waals surface area contributed by atoms with E-state index in [2.05, 4.69) is 180 Å². The first-order valence-corrected chi connectivity index (χ1v) is 26.7. The molecule has 2 aromatic heterocycles. The third-order valence-corrected chi connectivity index (χ3v) is 14.1. The van der Waals surface area contributed by atoms with Gasteiger partial charge < -0.3 is 4.57 Å². The van der Waals surface area contributed by atoms with Crippen LogP contribution in [0.1, 0.15) is 77.0 Å². The molecule has 3 nitrogen and oxygen atoms in total. The number of benzene rings is 5. The molecule has 0 atom stereocenters. The molecule has 0 unspecified atom stereocenters. The van der Waals surface area contributed by atoms with Gasteiger partial charge in [0.1, 0.15) is 0 Å². The fourth-order valence-corrected chi connectivity index (χ4v) is 10.5. The van der Waals surface area contributed by atoms with Crippen LogP contribution in [-0.2, 0) is 26.5 Å². The Balaban J connectivity index is 0.000000229. The molecule has 1 radical (unpaired) electrons. The van der Waals surface area contributed by atoms with Crippen LogP contribution in [0.4, 0.5) is 0 Å². The number of nitrogens with zero attached hydrogens (tertiary/aromatic N) is 3. The second kappa shape index (κ2) is 17.8. The Morgan fingerprint density at radius 2 is 1.24 bits per heavy atom. The first-order chi connectivity index (χ1) is 25.7. The van der Waals surface area contributed by atoms with Crippen LogP contribution in [0.15, 0.2) is 128 Å². The van der Waals surface area contributed by atoms with Gasteiger partial charge in [-0.2, -0.15) is 0 Å². The molecular weight excluding hydrogens is 907 g/mol. The van der Waals surface area contributed by atoms with E-state index in [0.29, 0.717) is 17.3 Å². The number of hydrogen-bond acceptors (Lipinski definition) is 2. The van der Waals surface area contributed by atoms with Gasteiger partial charge in [0.25, 0.3) is 0 Å². The molecule has 5 heteroatoms. The Morgan fingerprint density at radius 1 is 0.673 bits per heavy atom. The van der Waals surface area contributed by atoms with Crippen LogP contribution < -0.4 is 4.40 Å². The van der Waals surface area contributed by atoms with Gasteiger partial charge in [0.2, 0.25) is 0 Å². The molecule has 55 heavy (non-hydrogen) atoms. The zero-order valence-electron chi connectivity index (χ0n) is 34.2. The SMILES string of the molecule is CC(C)(C)Cc1cc(-c2[c-]cccc2)nc[c]1[Ge]([CH3])([CH3])[CH3].CC(C)c1cc(-c2ccccc2)cc(C(C)C)c1-n1c(-c2[c-]cccc2)nc2ccccc21.[Ir]. The molecule has 0 saturated carbocycles. The topological polar surface area (TPSA) is 30.7 Å². The van der Waals surface area contributed by atoms with Crippen molar-refractivity contribution in [3.05, 3.63) is 156 Å². The van der Waals surface area contributed by atoms with Gasteiger partial charge in [0.05, 0.1) is 16.9 Å². The summed E-state index contributed by atoms with van der Waals surface area (Å²) < 4.78 is 3.89. The zero-order chi connectivity index (χ0) is 38.6. The van der Waals surface area contributed by atoms with E-state index in [4.69, 9.17) is 9.97 Å². The smallest absolute Gasteiger partial charge is 0.0774 e. The molecule has 0 spiro atoms. The second-order valence-corrected chi connectivity index (χ2v) is 27.8. The average molecular weight is 963 g/mol. The predicted molar refractivity (Wildman–Crippen MR) is 234 cm³/mol. The van der Waals surface area contributed by atoms with Crippen LogP contribution in [0.25, 0.3) is 50.5 Å². The van der Waals surface area contributed by atoms with Gasteiger partial charge in [0, 0.05) is 25.8 Å². The molecule has 0 aliphatic carbocycles. The summed E-state index contributed by atoms with van der Waals surface area (Å²) in [6.45, 7) is 16.1. The van der Waals surface area contributed by atoms with Crippen LogP contribution in [0.5, 0.6) is 0 Å². The van der Waals surface area contributed by atoms with Crippen LogP contribution in [-0.4, -0.2) is 27.8 Å². The second-order valence-electron chi connectivity index (χ2n) is 17.2. The first kappa shape index (κ1) is 42.1. The number of aromatic nitrogens is 3. The van der Waals surface area contributed by atoms with Gasteiger partial charge >= 0.3 is 132 Å². The van der Waals surface area contributed by atoms with E-state index in [0.717, 1.165) is 40.1 Å². The van der Waals surface area contributed by atoms with E-state index in [1.807, 2.05) is 30.3 Å². The maximum absolute atomic E-state index is 5.07. The van der Waals surface area contributed by atoms with E-state index >= 15 is 0 Å². The molecular formula is C50H55GeIrN3-2. The molecule has 0 bridgehead atoms. The average Bonchev–Trinajstić information content (AvgIpc) is 3.54. The van der Waals surface area contributed by atoms with Crippen molar-refractivity contribution in [3.8, 4) is 39.5 Å². The van der Waals surface area contributed by atoms with Gasteiger partial charge in [-0.15, -0.1) is 35.9 Å². The Morgan fingerprint density at radius 3 is 1.78 bits per heavy atom. The Kier molecular flexibility index (Phi) is 13.6. The van der Waals surface area contributed by atoms with Crippen molar-refractivity contribution in [2.75, 3.05) is 0 Å². The quantitative estimate of drug-likeness (QED) is 0.112. The Labute approximate surface area is 346 Å². The largest absolute Gasteiger partial charge is 0.333 e. The summed E-state index contributed by atoms with van der Waals surface area (Å²) in [5, 5.41) is 0. The third kappa shape index (κ3) is 10.0. The monoisotopic (exact) mass is 964 g/mol. The zero-order valence-corrected chi connectivity index (χ0v) is 38.7. The fraction of sp³-hybridized carbons (Fsp3) is 0.280. The van der Waals surface area contributed by atoms with Gasteiger partial charge in [0.15, 0.2) is 0 Å². The third-order valence-electron chi connectivity index (χ3n) is 9.76. The van der Waals surface area contributed by atoms with E-state index in [1.165, 1.54) is 37.9 Å². The number of rotatable bonds is 8. The molecule has 285 valence electrons. The van der Waals surface area contributed by atoms with Crippen molar-refractivity contribution in [3.63, 3.8) is 0 Å². The van der Waals surface area contributed by atoms with Crippen molar-refractivity contribution in [1.82, 2.24) is 14.5 Å². The summed E-state index contributed by atoms with van der Waals surface area (Å²) in [6, 6.07) is 49.0.